The number of carbonyl (C=O) groups excluding carboxylic acids is 2. The molecule has 2 aromatic rings. The number of hydrogen-bond acceptors (Lipinski definition) is 3. The van der Waals surface area contributed by atoms with Gasteiger partial charge in [0.1, 0.15) is 0 Å². The van der Waals surface area contributed by atoms with Crippen molar-refractivity contribution in [1.29, 1.82) is 0 Å². The Morgan fingerprint density at radius 2 is 1.79 bits per heavy atom. The van der Waals surface area contributed by atoms with Gasteiger partial charge in [-0.05, 0) is 67.1 Å². The summed E-state index contributed by atoms with van der Waals surface area (Å²) in [7, 11) is 0. The second-order valence-electron chi connectivity index (χ2n) is 7.81. The van der Waals surface area contributed by atoms with E-state index >= 15 is 0 Å². The highest BCUT2D eigenvalue weighted by Gasteiger charge is 2.51. The van der Waals surface area contributed by atoms with Crippen LogP contribution in [0.15, 0.2) is 48.5 Å². The van der Waals surface area contributed by atoms with E-state index in [1.54, 1.807) is 12.1 Å². The Hall–Kier alpha value is -2.53. The molecule has 2 aliphatic rings. The van der Waals surface area contributed by atoms with Crippen LogP contribution in [0.4, 0.5) is 5.69 Å². The molecule has 4 rings (SSSR count). The summed E-state index contributed by atoms with van der Waals surface area (Å²) in [5, 5.41) is 3.91. The molecule has 1 unspecified atom stereocenters. The first-order valence-corrected chi connectivity index (χ1v) is 10.0. The quantitative estimate of drug-likeness (QED) is 0.786. The molecule has 3 N–H and O–H groups in total. The third-order valence-electron chi connectivity index (χ3n) is 5.94. The summed E-state index contributed by atoms with van der Waals surface area (Å²) in [6.07, 6.45) is 2.75. The maximum Gasteiger partial charge on any atom is 0.248 e. The number of hydrogen-bond donors (Lipinski definition) is 2. The lowest BCUT2D eigenvalue weighted by molar-refractivity contribution is -0.123. The molecule has 0 spiro atoms. The number of primary amides is 1. The molecule has 1 saturated carbocycles. The molecule has 5 nitrogen and oxygen atoms in total. The lowest BCUT2D eigenvalue weighted by Gasteiger charge is -2.20. The summed E-state index contributed by atoms with van der Waals surface area (Å²) in [5.41, 5.74) is 7.46. The van der Waals surface area contributed by atoms with Crippen LogP contribution in [0.3, 0.4) is 0 Å². The van der Waals surface area contributed by atoms with E-state index in [1.165, 1.54) is 5.69 Å². The second kappa shape index (κ2) is 7.47. The number of rotatable bonds is 6. The van der Waals surface area contributed by atoms with Crippen molar-refractivity contribution in [1.82, 2.24) is 5.32 Å². The Morgan fingerprint density at radius 1 is 1.11 bits per heavy atom. The zero-order valence-electron chi connectivity index (χ0n) is 15.7. The molecular formula is C22H24ClN3O2. The molecule has 1 aliphatic carbocycles. The van der Waals surface area contributed by atoms with E-state index < -0.39 is 11.3 Å². The number of amides is 2. The molecule has 1 heterocycles. The maximum absolute atomic E-state index is 12.9. The summed E-state index contributed by atoms with van der Waals surface area (Å²) < 4.78 is 0. The Labute approximate surface area is 169 Å². The fourth-order valence-electron chi connectivity index (χ4n) is 4.02. The van der Waals surface area contributed by atoms with Gasteiger partial charge in [-0.3, -0.25) is 9.59 Å². The average molecular weight is 398 g/mol. The molecule has 6 heteroatoms. The van der Waals surface area contributed by atoms with Crippen LogP contribution >= 0.6 is 11.6 Å². The van der Waals surface area contributed by atoms with Crippen molar-refractivity contribution in [2.24, 2.45) is 11.7 Å². The van der Waals surface area contributed by atoms with E-state index in [0.29, 0.717) is 18.0 Å². The van der Waals surface area contributed by atoms with E-state index in [1.807, 2.05) is 36.4 Å². The SMILES string of the molecule is NC(=O)c1ccc(C2(C(=O)NCC3CCN(c4ccc(Cl)cc4)C3)CC2)cc1. The van der Waals surface area contributed by atoms with Crippen molar-refractivity contribution in [3.63, 3.8) is 0 Å². The van der Waals surface area contributed by atoms with Crippen LogP contribution in [0.25, 0.3) is 0 Å². The fraction of sp³-hybridized carbons (Fsp3) is 0.364. The topological polar surface area (TPSA) is 75.4 Å². The number of nitrogens with two attached hydrogens (primary N) is 1. The maximum atomic E-state index is 12.9. The van der Waals surface area contributed by atoms with Crippen molar-refractivity contribution < 1.29 is 9.59 Å². The van der Waals surface area contributed by atoms with Crippen LogP contribution in [0.2, 0.25) is 5.02 Å². The molecule has 2 amide bonds. The number of nitrogens with one attached hydrogen (secondary N) is 1. The van der Waals surface area contributed by atoms with Gasteiger partial charge in [0.05, 0.1) is 5.41 Å². The minimum Gasteiger partial charge on any atom is -0.371 e. The summed E-state index contributed by atoms with van der Waals surface area (Å²) >= 11 is 5.97. The number of benzene rings is 2. The molecule has 1 saturated heterocycles. The van der Waals surface area contributed by atoms with E-state index in [0.717, 1.165) is 42.9 Å². The van der Waals surface area contributed by atoms with Gasteiger partial charge in [-0.1, -0.05) is 23.7 Å². The second-order valence-corrected chi connectivity index (χ2v) is 8.25. The lowest BCUT2D eigenvalue weighted by atomic mass is 9.93. The number of carbonyl (C=O) groups is 2. The molecule has 2 fully saturated rings. The Kier molecular flexibility index (Phi) is 5.02. The van der Waals surface area contributed by atoms with Crippen molar-refractivity contribution in [2.45, 2.75) is 24.7 Å². The van der Waals surface area contributed by atoms with E-state index in [2.05, 4.69) is 10.2 Å². The summed E-state index contributed by atoms with van der Waals surface area (Å²) in [4.78, 5) is 26.4. The average Bonchev–Trinajstić information content (AvgIpc) is 3.39. The van der Waals surface area contributed by atoms with Crippen molar-refractivity contribution in [2.75, 3.05) is 24.5 Å². The molecule has 1 aliphatic heterocycles. The zero-order chi connectivity index (χ0) is 19.7. The summed E-state index contributed by atoms with van der Waals surface area (Å²) in [5.74, 6) is 0.0734. The molecule has 0 radical (unpaired) electrons. The lowest BCUT2D eigenvalue weighted by Crippen LogP contribution is -2.38. The number of nitrogens with zero attached hydrogens (tertiary/aromatic N) is 1. The van der Waals surface area contributed by atoms with Crippen LogP contribution in [0.1, 0.15) is 35.2 Å². The minimum absolute atomic E-state index is 0.0873. The van der Waals surface area contributed by atoms with E-state index in [9.17, 15) is 9.59 Å². The molecule has 28 heavy (non-hydrogen) atoms. The van der Waals surface area contributed by atoms with Gasteiger partial charge in [0, 0.05) is 35.9 Å². The predicted molar refractivity (Wildman–Crippen MR) is 111 cm³/mol. The molecule has 0 bridgehead atoms. The van der Waals surface area contributed by atoms with Crippen LogP contribution in [-0.4, -0.2) is 31.4 Å². The molecule has 0 aromatic heterocycles. The predicted octanol–water partition coefficient (Wildman–Crippen LogP) is 3.11. The van der Waals surface area contributed by atoms with Crippen molar-refractivity contribution in [3.05, 3.63) is 64.7 Å². The highest BCUT2D eigenvalue weighted by Crippen LogP contribution is 2.48. The van der Waals surface area contributed by atoms with Gasteiger partial charge in [-0.15, -0.1) is 0 Å². The molecule has 1 atom stereocenters. The Balaban J connectivity index is 1.33. The van der Waals surface area contributed by atoms with Gasteiger partial charge in [-0.25, -0.2) is 0 Å². The molecular weight excluding hydrogens is 374 g/mol. The van der Waals surface area contributed by atoms with Crippen LogP contribution in [0.5, 0.6) is 0 Å². The van der Waals surface area contributed by atoms with E-state index in [-0.39, 0.29) is 5.91 Å². The third kappa shape index (κ3) is 3.72. The van der Waals surface area contributed by atoms with Crippen LogP contribution in [-0.2, 0) is 10.2 Å². The van der Waals surface area contributed by atoms with Gasteiger partial charge in [0.25, 0.3) is 0 Å². The number of anilines is 1. The Morgan fingerprint density at radius 3 is 2.39 bits per heavy atom. The zero-order valence-corrected chi connectivity index (χ0v) is 16.4. The van der Waals surface area contributed by atoms with Gasteiger partial charge in [0.2, 0.25) is 11.8 Å². The van der Waals surface area contributed by atoms with Gasteiger partial charge in [-0.2, -0.15) is 0 Å². The Bertz CT molecular complexity index is 876. The smallest absolute Gasteiger partial charge is 0.248 e. The van der Waals surface area contributed by atoms with E-state index in [4.69, 9.17) is 17.3 Å². The molecule has 146 valence electrons. The summed E-state index contributed by atoms with van der Waals surface area (Å²) in [6.45, 7) is 2.61. The number of halogens is 1. The van der Waals surface area contributed by atoms with Crippen molar-refractivity contribution in [3.8, 4) is 0 Å². The van der Waals surface area contributed by atoms with Gasteiger partial charge in [0.15, 0.2) is 0 Å². The molecule has 2 aromatic carbocycles. The van der Waals surface area contributed by atoms with Gasteiger partial charge >= 0.3 is 0 Å². The minimum atomic E-state index is -0.452. The van der Waals surface area contributed by atoms with Gasteiger partial charge < -0.3 is 16.0 Å². The van der Waals surface area contributed by atoms with Crippen LogP contribution in [0, 0.1) is 5.92 Å². The summed E-state index contributed by atoms with van der Waals surface area (Å²) in [6, 6.07) is 15.0. The highest BCUT2D eigenvalue weighted by molar-refractivity contribution is 6.30. The fourth-order valence-corrected chi connectivity index (χ4v) is 4.14. The standard InChI is InChI=1S/C22H24ClN3O2/c23-18-5-7-19(8-6-18)26-12-9-15(14-26)13-25-21(28)22(10-11-22)17-3-1-16(2-4-17)20(24)27/h1-8,15H,9-14H2,(H2,24,27)(H,25,28). The highest BCUT2D eigenvalue weighted by atomic mass is 35.5. The first-order chi connectivity index (χ1) is 13.5. The monoisotopic (exact) mass is 397 g/mol. The third-order valence-corrected chi connectivity index (χ3v) is 6.19. The van der Waals surface area contributed by atoms with Crippen LogP contribution < -0.4 is 16.0 Å². The van der Waals surface area contributed by atoms with Crippen molar-refractivity contribution >= 4 is 29.1 Å². The largest absolute Gasteiger partial charge is 0.371 e. The first-order valence-electron chi connectivity index (χ1n) is 9.67. The first kappa shape index (κ1) is 18.8. The normalized spacial score (nSPS) is 20.0.